The Morgan fingerprint density at radius 3 is 2.60 bits per heavy atom. The Balaban J connectivity index is 1.90. The van der Waals surface area contributed by atoms with Gasteiger partial charge in [0.1, 0.15) is 12.4 Å². The van der Waals surface area contributed by atoms with Crippen molar-refractivity contribution in [3.05, 3.63) is 59.1 Å². The number of rotatable bonds is 4. The summed E-state index contributed by atoms with van der Waals surface area (Å²) in [6.45, 7) is 0.219. The summed E-state index contributed by atoms with van der Waals surface area (Å²) in [6, 6.07) is 14.4. The number of hydrogen-bond acceptors (Lipinski definition) is 3. The summed E-state index contributed by atoms with van der Waals surface area (Å²) in [6.07, 6.45) is -0.532. The van der Waals surface area contributed by atoms with Crippen molar-refractivity contribution in [1.29, 1.82) is 0 Å². The van der Waals surface area contributed by atoms with Gasteiger partial charge in [-0.2, -0.15) is 0 Å². The molecule has 0 atom stereocenters. The highest BCUT2D eigenvalue weighted by molar-refractivity contribution is 6.32. The van der Waals surface area contributed by atoms with Gasteiger partial charge in [0.25, 0.3) is 0 Å². The van der Waals surface area contributed by atoms with E-state index in [1.165, 1.54) is 7.11 Å². The summed E-state index contributed by atoms with van der Waals surface area (Å²) in [7, 11) is 1.53. The first-order valence-corrected chi connectivity index (χ1v) is 6.38. The number of amides is 1. The third-order valence-electron chi connectivity index (χ3n) is 2.61. The molecule has 20 heavy (non-hydrogen) atoms. The van der Waals surface area contributed by atoms with Crippen LogP contribution in [0.5, 0.6) is 5.75 Å². The van der Waals surface area contributed by atoms with Crippen LogP contribution in [0.1, 0.15) is 5.56 Å². The first-order chi connectivity index (χ1) is 9.69. The maximum absolute atomic E-state index is 11.6. The van der Waals surface area contributed by atoms with Gasteiger partial charge >= 0.3 is 6.09 Å². The first kappa shape index (κ1) is 14.2. The highest BCUT2D eigenvalue weighted by Crippen LogP contribution is 2.27. The Hall–Kier alpha value is -2.20. The van der Waals surface area contributed by atoms with Gasteiger partial charge in [0, 0.05) is 5.69 Å². The van der Waals surface area contributed by atoms with Crippen LogP contribution in [0, 0.1) is 0 Å². The molecule has 2 aromatic rings. The molecule has 0 fully saturated rings. The minimum absolute atomic E-state index is 0.219. The molecule has 0 spiro atoms. The predicted octanol–water partition coefficient (Wildman–Crippen LogP) is 4.10. The van der Waals surface area contributed by atoms with Crippen LogP contribution < -0.4 is 10.1 Å². The summed E-state index contributed by atoms with van der Waals surface area (Å²) < 4.78 is 10.1. The molecule has 104 valence electrons. The van der Waals surface area contributed by atoms with E-state index >= 15 is 0 Å². The molecule has 1 N–H and O–H groups in total. The van der Waals surface area contributed by atoms with Crippen molar-refractivity contribution >= 4 is 23.4 Å². The molecule has 0 aliphatic carbocycles. The molecule has 0 aliphatic rings. The molecular formula is C15H14ClNO3. The lowest BCUT2D eigenvalue weighted by molar-refractivity contribution is 0.155. The van der Waals surface area contributed by atoms with Gasteiger partial charge in [0.15, 0.2) is 0 Å². The Morgan fingerprint density at radius 2 is 1.95 bits per heavy atom. The van der Waals surface area contributed by atoms with Gasteiger partial charge in [-0.05, 0) is 23.8 Å². The number of nitrogens with one attached hydrogen (secondary N) is 1. The van der Waals surface area contributed by atoms with E-state index in [0.717, 1.165) is 5.56 Å². The van der Waals surface area contributed by atoms with Crippen LogP contribution in [-0.2, 0) is 11.3 Å². The molecule has 1 amide bonds. The van der Waals surface area contributed by atoms with E-state index in [0.29, 0.717) is 16.5 Å². The van der Waals surface area contributed by atoms with E-state index in [-0.39, 0.29) is 6.61 Å². The zero-order valence-corrected chi connectivity index (χ0v) is 11.7. The van der Waals surface area contributed by atoms with E-state index in [2.05, 4.69) is 5.32 Å². The van der Waals surface area contributed by atoms with Crippen LogP contribution in [0.2, 0.25) is 5.02 Å². The lowest BCUT2D eigenvalue weighted by atomic mass is 10.2. The molecular weight excluding hydrogens is 278 g/mol. The minimum Gasteiger partial charge on any atom is -0.495 e. The lowest BCUT2D eigenvalue weighted by Crippen LogP contribution is -2.13. The monoisotopic (exact) mass is 291 g/mol. The van der Waals surface area contributed by atoms with Crippen LogP contribution >= 0.6 is 11.6 Å². The third-order valence-corrected chi connectivity index (χ3v) is 2.91. The van der Waals surface area contributed by atoms with Crippen LogP contribution in [-0.4, -0.2) is 13.2 Å². The molecule has 0 aliphatic heterocycles. The molecule has 0 aromatic heterocycles. The molecule has 4 nitrogen and oxygen atoms in total. The molecule has 0 radical (unpaired) electrons. The third kappa shape index (κ3) is 3.90. The van der Waals surface area contributed by atoms with E-state index in [1.807, 2.05) is 30.3 Å². The van der Waals surface area contributed by atoms with Crippen LogP contribution in [0.25, 0.3) is 0 Å². The quantitative estimate of drug-likeness (QED) is 0.922. The van der Waals surface area contributed by atoms with Gasteiger partial charge in [-0.25, -0.2) is 4.79 Å². The molecule has 2 aromatic carbocycles. The number of benzene rings is 2. The number of carbonyl (C=O) groups is 1. The van der Waals surface area contributed by atoms with Gasteiger partial charge in [-0.15, -0.1) is 0 Å². The zero-order valence-electron chi connectivity index (χ0n) is 10.9. The van der Waals surface area contributed by atoms with Crippen molar-refractivity contribution in [3.8, 4) is 5.75 Å². The maximum atomic E-state index is 11.6. The molecule has 0 saturated heterocycles. The average molecular weight is 292 g/mol. The van der Waals surface area contributed by atoms with Crippen molar-refractivity contribution in [2.24, 2.45) is 0 Å². The van der Waals surface area contributed by atoms with Gasteiger partial charge in [-0.1, -0.05) is 41.9 Å². The highest BCUT2D eigenvalue weighted by atomic mass is 35.5. The smallest absolute Gasteiger partial charge is 0.411 e. The van der Waals surface area contributed by atoms with E-state index < -0.39 is 6.09 Å². The maximum Gasteiger partial charge on any atom is 0.411 e. The SMILES string of the molecule is COc1ccc(NC(=O)OCc2ccccc2)cc1Cl. The summed E-state index contributed by atoms with van der Waals surface area (Å²) in [4.78, 5) is 11.6. The minimum atomic E-state index is -0.532. The first-order valence-electron chi connectivity index (χ1n) is 6.00. The molecule has 5 heteroatoms. The number of ether oxygens (including phenoxy) is 2. The molecule has 0 heterocycles. The standard InChI is InChI=1S/C15H14ClNO3/c1-19-14-8-7-12(9-13(14)16)17-15(18)20-10-11-5-3-2-4-6-11/h2-9H,10H2,1H3,(H,17,18). The summed E-state index contributed by atoms with van der Waals surface area (Å²) in [5.74, 6) is 0.551. The fraction of sp³-hybridized carbons (Fsp3) is 0.133. The van der Waals surface area contributed by atoms with E-state index in [4.69, 9.17) is 21.1 Å². The van der Waals surface area contributed by atoms with E-state index in [9.17, 15) is 4.79 Å². The number of carbonyl (C=O) groups excluding carboxylic acids is 1. The lowest BCUT2D eigenvalue weighted by Gasteiger charge is -2.09. The van der Waals surface area contributed by atoms with Crippen molar-refractivity contribution in [2.75, 3.05) is 12.4 Å². The van der Waals surface area contributed by atoms with Gasteiger partial charge in [-0.3, -0.25) is 5.32 Å². The van der Waals surface area contributed by atoms with E-state index in [1.54, 1.807) is 18.2 Å². The summed E-state index contributed by atoms with van der Waals surface area (Å²) >= 11 is 5.97. The largest absolute Gasteiger partial charge is 0.495 e. The fourth-order valence-corrected chi connectivity index (χ4v) is 1.88. The number of hydrogen-bond donors (Lipinski definition) is 1. The Labute approximate surface area is 122 Å². The molecule has 0 saturated carbocycles. The highest BCUT2D eigenvalue weighted by Gasteiger charge is 2.06. The number of halogens is 1. The molecule has 0 unspecified atom stereocenters. The van der Waals surface area contributed by atoms with Crippen molar-refractivity contribution < 1.29 is 14.3 Å². The Bertz CT molecular complexity index is 587. The van der Waals surface area contributed by atoms with Crippen LogP contribution in [0.4, 0.5) is 10.5 Å². The second kappa shape index (κ2) is 6.82. The zero-order chi connectivity index (χ0) is 14.4. The average Bonchev–Trinajstić information content (AvgIpc) is 2.46. The second-order valence-electron chi connectivity index (χ2n) is 4.04. The van der Waals surface area contributed by atoms with Gasteiger partial charge in [0.05, 0.1) is 12.1 Å². The predicted molar refractivity (Wildman–Crippen MR) is 78.3 cm³/mol. The molecule has 2 rings (SSSR count). The normalized spacial score (nSPS) is 9.90. The summed E-state index contributed by atoms with van der Waals surface area (Å²) in [5.41, 5.74) is 1.48. The summed E-state index contributed by atoms with van der Waals surface area (Å²) in [5, 5.41) is 3.03. The van der Waals surface area contributed by atoms with Crippen molar-refractivity contribution in [3.63, 3.8) is 0 Å². The topological polar surface area (TPSA) is 47.6 Å². The fourth-order valence-electron chi connectivity index (χ4n) is 1.62. The Morgan fingerprint density at radius 1 is 1.20 bits per heavy atom. The van der Waals surface area contributed by atoms with Crippen molar-refractivity contribution in [1.82, 2.24) is 0 Å². The van der Waals surface area contributed by atoms with Crippen molar-refractivity contribution in [2.45, 2.75) is 6.61 Å². The number of methoxy groups -OCH3 is 1. The van der Waals surface area contributed by atoms with Gasteiger partial charge < -0.3 is 9.47 Å². The second-order valence-corrected chi connectivity index (χ2v) is 4.44. The van der Waals surface area contributed by atoms with Crippen LogP contribution in [0.15, 0.2) is 48.5 Å². The molecule has 0 bridgehead atoms. The number of anilines is 1. The Kier molecular flexibility index (Phi) is 4.85. The van der Waals surface area contributed by atoms with Crippen LogP contribution in [0.3, 0.4) is 0 Å². The van der Waals surface area contributed by atoms with Gasteiger partial charge in [0.2, 0.25) is 0 Å².